The molecule has 2 atom stereocenters. The highest BCUT2D eigenvalue weighted by Gasteiger charge is 2.36. The van der Waals surface area contributed by atoms with Crippen molar-refractivity contribution in [3.63, 3.8) is 0 Å². The molecule has 0 spiro atoms. The zero-order valence-electron chi connectivity index (χ0n) is 24.4. The Morgan fingerprint density at radius 1 is 0.925 bits per heavy atom. The van der Waals surface area contributed by atoms with Gasteiger partial charge < -0.3 is 30.5 Å². The van der Waals surface area contributed by atoms with Crippen LogP contribution < -0.4 is 10.6 Å². The number of unbranched alkanes of at least 4 members (excludes halogenated alkanes) is 3. The topological polar surface area (TPSA) is 128 Å². The van der Waals surface area contributed by atoms with Crippen LogP contribution in [0.15, 0.2) is 48.5 Å². The van der Waals surface area contributed by atoms with Crippen LogP contribution >= 0.6 is 0 Å². The molecule has 3 amide bonds. The van der Waals surface area contributed by atoms with Crippen LogP contribution in [0, 0.1) is 0 Å². The van der Waals surface area contributed by atoms with Gasteiger partial charge in [-0.05, 0) is 69.0 Å². The fourth-order valence-electron chi connectivity index (χ4n) is 4.27. The van der Waals surface area contributed by atoms with Gasteiger partial charge >= 0.3 is 6.09 Å². The zero-order valence-corrected chi connectivity index (χ0v) is 24.4. The summed E-state index contributed by atoms with van der Waals surface area (Å²) >= 11 is 0. The summed E-state index contributed by atoms with van der Waals surface area (Å²) in [6, 6.07) is 10.7. The lowest BCUT2D eigenvalue weighted by molar-refractivity contribution is -0.142. The largest absolute Gasteiger partial charge is 0.508 e. The Bertz CT molecular complexity index is 1100. The van der Waals surface area contributed by atoms with Crippen LogP contribution in [-0.4, -0.2) is 57.8 Å². The highest BCUT2D eigenvalue weighted by molar-refractivity contribution is 5.92. The third-order valence-electron chi connectivity index (χ3n) is 6.23. The van der Waals surface area contributed by atoms with Crippen molar-refractivity contribution in [1.29, 1.82) is 0 Å². The van der Waals surface area contributed by atoms with Crippen LogP contribution in [0.25, 0.3) is 0 Å². The van der Waals surface area contributed by atoms with Gasteiger partial charge in [0.1, 0.15) is 29.2 Å². The summed E-state index contributed by atoms with van der Waals surface area (Å²) in [5, 5.41) is 25.6. The van der Waals surface area contributed by atoms with Gasteiger partial charge in [0.15, 0.2) is 0 Å². The third kappa shape index (κ3) is 10.8. The van der Waals surface area contributed by atoms with E-state index in [0.29, 0.717) is 24.1 Å². The molecule has 9 heteroatoms. The number of phenolic OH excluding ortho intramolecular Hbond substituents is 2. The van der Waals surface area contributed by atoms with E-state index in [1.165, 1.54) is 29.2 Å². The molecule has 0 saturated carbocycles. The van der Waals surface area contributed by atoms with Gasteiger partial charge in [-0.25, -0.2) is 4.79 Å². The number of hydrogen-bond acceptors (Lipinski definition) is 6. The SMILES string of the molecule is CCCCCN(C(=O)C(Cc1ccc(O)cc1)NC(=O)OC(C)(C)C)C(C(=O)NCCCC)c1cccc(O)c1. The predicted molar refractivity (Wildman–Crippen MR) is 155 cm³/mol. The van der Waals surface area contributed by atoms with Crippen molar-refractivity contribution in [2.45, 2.75) is 90.8 Å². The molecule has 9 nitrogen and oxygen atoms in total. The van der Waals surface area contributed by atoms with Gasteiger partial charge in [-0.15, -0.1) is 0 Å². The second-order valence-electron chi connectivity index (χ2n) is 11.0. The van der Waals surface area contributed by atoms with E-state index in [0.717, 1.165) is 25.7 Å². The number of carbonyl (C=O) groups is 3. The molecule has 0 bridgehead atoms. The number of alkyl carbamates (subject to hydrolysis) is 1. The first kappa shape index (κ1) is 32.5. The first-order valence-electron chi connectivity index (χ1n) is 14.1. The molecule has 2 unspecified atom stereocenters. The van der Waals surface area contributed by atoms with Gasteiger partial charge in [-0.2, -0.15) is 0 Å². The highest BCUT2D eigenvalue weighted by Crippen LogP contribution is 2.27. The Morgan fingerprint density at radius 3 is 2.20 bits per heavy atom. The smallest absolute Gasteiger partial charge is 0.408 e. The first-order chi connectivity index (χ1) is 18.9. The number of benzene rings is 2. The van der Waals surface area contributed by atoms with E-state index >= 15 is 0 Å². The average Bonchev–Trinajstić information content (AvgIpc) is 2.87. The maximum absolute atomic E-state index is 14.3. The maximum atomic E-state index is 14.3. The van der Waals surface area contributed by atoms with E-state index in [4.69, 9.17) is 4.74 Å². The lowest BCUT2D eigenvalue weighted by Gasteiger charge is -2.34. The van der Waals surface area contributed by atoms with E-state index in [2.05, 4.69) is 10.6 Å². The number of aromatic hydroxyl groups is 2. The second kappa shape index (κ2) is 15.7. The van der Waals surface area contributed by atoms with E-state index in [9.17, 15) is 24.6 Å². The fraction of sp³-hybridized carbons (Fsp3) is 0.516. The standard InChI is InChI=1S/C31H45N3O6/c1-6-8-10-19-34(27(28(37)32-18-9-7-2)23-12-11-13-25(36)21-23)29(38)26(33-30(39)40-31(3,4)5)20-22-14-16-24(35)17-15-22/h11-17,21,26-27,35-36H,6-10,18-20H2,1-5H3,(H,32,37)(H,33,39). The molecule has 40 heavy (non-hydrogen) atoms. The van der Waals surface area contributed by atoms with Gasteiger partial charge in [0.25, 0.3) is 0 Å². The Labute approximate surface area is 237 Å². The van der Waals surface area contributed by atoms with E-state index in [-0.39, 0.29) is 30.4 Å². The summed E-state index contributed by atoms with van der Waals surface area (Å²) in [4.78, 5) is 42.2. The molecular weight excluding hydrogens is 510 g/mol. The van der Waals surface area contributed by atoms with Crippen molar-refractivity contribution in [2.75, 3.05) is 13.1 Å². The fourth-order valence-corrected chi connectivity index (χ4v) is 4.27. The number of ether oxygens (including phenoxy) is 1. The Kier molecular flexibility index (Phi) is 12.8. The summed E-state index contributed by atoms with van der Waals surface area (Å²) in [6.07, 6.45) is 3.45. The Hall–Kier alpha value is -3.75. The molecule has 0 aromatic heterocycles. The number of rotatable bonds is 14. The normalized spacial score (nSPS) is 12.7. The molecule has 0 fully saturated rings. The molecule has 0 heterocycles. The predicted octanol–water partition coefficient (Wildman–Crippen LogP) is 5.21. The molecular formula is C31H45N3O6. The molecule has 4 N–H and O–H groups in total. The highest BCUT2D eigenvalue weighted by atomic mass is 16.6. The van der Waals surface area contributed by atoms with Crippen LogP contribution in [0.1, 0.15) is 83.9 Å². The maximum Gasteiger partial charge on any atom is 0.408 e. The van der Waals surface area contributed by atoms with Crippen LogP contribution in [0.2, 0.25) is 0 Å². The van der Waals surface area contributed by atoms with Crippen LogP contribution in [0.3, 0.4) is 0 Å². The van der Waals surface area contributed by atoms with E-state index < -0.39 is 29.7 Å². The third-order valence-corrected chi connectivity index (χ3v) is 6.23. The molecule has 0 saturated heterocycles. The van der Waals surface area contributed by atoms with Gasteiger partial charge in [-0.1, -0.05) is 57.4 Å². The van der Waals surface area contributed by atoms with Crippen molar-refractivity contribution in [3.8, 4) is 11.5 Å². The lowest BCUT2D eigenvalue weighted by Crippen LogP contribution is -2.54. The Balaban J connectivity index is 2.53. The van der Waals surface area contributed by atoms with Crippen LogP contribution in [0.5, 0.6) is 11.5 Å². The summed E-state index contributed by atoms with van der Waals surface area (Å²) in [6.45, 7) is 10.0. The first-order valence-corrected chi connectivity index (χ1v) is 14.1. The lowest BCUT2D eigenvalue weighted by atomic mass is 9.99. The van der Waals surface area contributed by atoms with Gasteiger partial charge in [-0.3, -0.25) is 9.59 Å². The molecule has 0 aliphatic heterocycles. The van der Waals surface area contributed by atoms with Crippen LogP contribution in [0.4, 0.5) is 4.79 Å². The minimum absolute atomic E-state index is 0.0164. The zero-order chi connectivity index (χ0) is 29.7. The molecule has 2 rings (SSSR count). The molecule has 0 radical (unpaired) electrons. The van der Waals surface area contributed by atoms with E-state index in [1.54, 1.807) is 45.0 Å². The van der Waals surface area contributed by atoms with E-state index in [1.807, 2.05) is 13.8 Å². The number of hydrogen-bond donors (Lipinski definition) is 4. The number of amides is 3. The summed E-state index contributed by atoms with van der Waals surface area (Å²) < 4.78 is 5.45. The van der Waals surface area contributed by atoms with Crippen molar-refractivity contribution >= 4 is 17.9 Å². The average molecular weight is 556 g/mol. The monoisotopic (exact) mass is 555 g/mol. The van der Waals surface area contributed by atoms with Crippen molar-refractivity contribution in [2.24, 2.45) is 0 Å². The minimum atomic E-state index is -1.05. The number of nitrogens with zero attached hydrogens (tertiary/aromatic N) is 1. The van der Waals surface area contributed by atoms with Gasteiger partial charge in [0.05, 0.1) is 0 Å². The number of nitrogens with one attached hydrogen (secondary N) is 2. The summed E-state index contributed by atoms with van der Waals surface area (Å²) in [7, 11) is 0. The Morgan fingerprint density at radius 2 is 1.60 bits per heavy atom. The summed E-state index contributed by atoms with van der Waals surface area (Å²) in [5.41, 5.74) is 0.404. The van der Waals surface area contributed by atoms with Crippen LogP contribution in [-0.2, 0) is 20.7 Å². The number of phenols is 2. The molecule has 2 aromatic carbocycles. The second-order valence-corrected chi connectivity index (χ2v) is 11.0. The molecule has 0 aliphatic rings. The number of carbonyl (C=O) groups excluding carboxylic acids is 3. The molecule has 2 aromatic rings. The van der Waals surface area contributed by atoms with Gasteiger partial charge in [0, 0.05) is 19.5 Å². The minimum Gasteiger partial charge on any atom is -0.508 e. The van der Waals surface area contributed by atoms with Crippen molar-refractivity contribution in [1.82, 2.24) is 15.5 Å². The quantitative estimate of drug-likeness (QED) is 0.237. The molecule has 0 aliphatic carbocycles. The van der Waals surface area contributed by atoms with Crippen molar-refractivity contribution in [3.05, 3.63) is 59.7 Å². The molecule has 220 valence electrons. The van der Waals surface area contributed by atoms with Crippen molar-refractivity contribution < 1.29 is 29.3 Å². The summed E-state index contributed by atoms with van der Waals surface area (Å²) in [5.74, 6) is -0.739. The van der Waals surface area contributed by atoms with Gasteiger partial charge in [0.2, 0.25) is 11.8 Å².